The number of fused-ring (bicyclic) bond motifs is 1. The van der Waals surface area contributed by atoms with Gasteiger partial charge in [0.15, 0.2) is 0 Å². The van der Waals surface area contributed by atoms with E-state index in [1.54, 1.807) is 10.9 Å². The number of carbonyl (C=O) groups excluding carboxylic acids is 1. The summed E-state index contributed by atoms with van der Waals surface area (Å²) in [5.41, 5.74) is 4.18. The normalized spacial score (nSPS) is 13.8. The smallest absolute Gasteiger partial charge is 0.259 e. The minimum absolute atomic E-state index is 0.338. The van der Waals surface area contributed by atoms with E-state index in [2.05, 4.69) is 26.0 Å². The van der Waals surface area contributed by atoms with E-state index in [0.717, 1.165) is 51.1 Å². The predicted octanol–water partition coefficient (Wildman–Crippen LogP) is 4.33. The summed E-state index contributed by atoms with van der Waals surface area (Å²) >= 11 is 0. The van der Waals surface area contributed by atoms with Gasteiger partial charge in [-0.3, -0.25) is 9.48 Å². The summed E-state index contributed by atoms with van der Waals surface area (Å²) in [5, 5.41) is 5.20. The van der Waals surface area contributed by atoms with Crippen molar-refractivity contribution in [2.24, 2.45) is 7.05 Å². The molecule has 1 aliphatic heterocycles. The Kier molecular flexibility index (Phi) is 5.99. The molecule has 0 radical (unpaired) electrons. The zero-order chi connectivity index (χ0) is 26.2. The molecule has 190 valence electrons. The number of piperazine rings is 1. The molecule has 2 aromatic carbocycles. The third-order valence-electron chi connectivity index (χ3n) is 6.79. The Morgan fingerprint density at radius 1 is 0.868 bits per heavy atom. The fourth-order valence-corrected chi connectivity index (χ4v) is 4.79. The molecule has 1 fully saturated rings. The molecular weight excluding hydrogens is 488 g/mol. The van der Waals surface area contributed by atoms with Crippen LogP contribution in [-0.2, 0) is 7.05 Å². The molecule has 0 N–H and O–H groups in total. The van der Waals surface area contributed by atoms with E-state index in [1.807, 2.05) is 43.8 Å². The fraction of sp³-hybridized carbons (Fsp3) is 0.179. The Balaban J connectivity index is 1.22. The van der Waals surface area contributed by atoms with E-state index in [0.29, 0.717) is 26.2 Å². The lowest BCUT2D eigenvalue weighted by Gasteiger charge is -2.35. The van der Waals surface area contributed by atoms with Gasteiger partial charge >= 0.3 is 0 Å². The highest BCUT2D eigenvalue weighted by Crippen LogP contribution is 2.33. The number of hydrogen-bond acceptors (Lipinski definition) is 6. The van der Waals surface area contributed by atoms with E-state index < -0.39 is 23.1 Å². The molecular formula is C28H23F2N7O. The molecule has 10 heteroatoms. The molecule has 1 amide bonds. The van der Waals surface area contributed by atoms with Crippen LogP contribution in [0.15, 0.2) is 73.6 Å². The standard InChI is InChI=1S/C28H23F2N7O/c1-35-16-20(14-34-35)19-11-21(22-15-31-17-33-25(22)12-19)18-5-6-26(32-13-18)36-7-9-37(10-8-36)28(38)27-23(29)3-2-4-24(27)30/h2-6,11-17H,7-10H2,1H3. The number of aromatic nitrogens is 5. The molecule has 3 aromatic heterocycles. The van der Waals surface area contributed by atoms with Crippen molar-refractivity contribution >= 4 is 22.6 Å². The van der Waals surface area contributed by atoms with E-state index in [4.69, 9.17) is 4.98 Å². The number of benzene rings is 2. The second-order valence-electron chi connectivity index (χ2n) is 9.16. The van der Waals surface area contributed by atoms with Gasteiger partial charge in [0.05, 0.1) is 11.7 Å². The summed E-state index contributed by atoms with van der Waals surface area (Å²) < 4.78 is 29.9. The van der Waals surface area contributed by atoms with E-state index in [-0.39, 0.29) is 0 Å². The highest BCUT2D eigenvalue weighted by molar-refractivity contribution is 5.97. The van der Waals surface area contributed by atoms with Crippen LogP contribution in [0.5, 0.6) is 0 Å². The zero-order valence-corrected chi connectivity index (χ0v) is 20.6. The Morgan fingerprint density at radius 3 is 2.34 bits per heavy atom. The van der Waals surface area contributed by atoms with Crippen LogP contribution in [0.2, 0.25) is 0 Å². The van der Waals surface area contributed by atoms with Crippen molar-refractivity contribution in [3.63, 3.8) is 0 Å². The van der Waals surface area contributed by atoms with Crippen molar-refractivity contribution < 1.29 is 13.6 Å². The van der Waals surface area contributed by atoms with Crippen LogP contribution in [0, 0.1) is 11.6 Å². The van der Waals surface area contributed by atoms with Crippen molar-refractivity contribution in [2.75, 3.05) is 31.1 Å². The van der Waals surface area contributed by atoms with Gasteiger partial charge in [0.25, 0.3) is 5.91 Å². The summed E-state index contributed by atoms with van der Waals surface area (Å²) in [6, 6.07) is 11.5. The highest BCUT2D eigenvalue weighted by atomic mass is 19.1. The number of pyridine rings is 1. The van der Waals surface area contributed by atoms with Gasteiger partial charge in [-0.1, -0.05) is 6.07 Å². The number of halogens is 2. The maximum atomic E-state index is 14.1. The molecule has 4 heterocycles. The van der Waals surface area contributed by atoms with E-state index >= 15 is 0 Å². The second kappa shape index (κ2) is 9.62. The van der Waals surface area contributed by atoms with Gasteiger partial charge in [0.1, 0.15) is 29.3 Å². The fourth-order valence-electron chi connectivity index (χ4n) is 4.79. The summed E-state index contributed by atoms with van der Waals surface area (Å²) in [7, 11) is 1.88. The first-order valence-electron chi connectivity index (χ1n) is 12.2. The lowest BCUT2D eigenvalue weighted by atomic mass is 9.97. The van der Waals surface area contributed by atoms with Crippen LogP contribution < -0.4 is 4.90 Å². The summed E-state index contributed by atoms with van der Waals surface area (Å²) in [6.07, 6.45) is 8.92. The molecule has 38 heavy (non-hydrogen) atoms. The first-order valence-corrected chi connectivity index (χ1v) is 12.2. The zero-order valence-electron chi connectivity index (χ0n) is 20.6. The lowest BCUT2D eigenvalue weighted by Crippen LogP contribution is -2.49. The van der Waals surface area contributed by atoms with Gasteiger partial charge < -0.3 is 9.80 Å². The van der Waals surface area contributed by atoms with Crippen LogP contribution >= 0.6 is 0 Å². The largest absolute Gasteiger partial charge is 0.353 e. The maximum Gasteiger partial charge on any atom is 0.259 e. The van der Waals surface area contributed by atoms with Crippen LogP contribution in [0.1, 0.15) is 10.4 Å². The first-order chi connectivity index (χ1) is 18.5. The number of hydrogen-bond donors (Lipinski definition) is 0. The van der Waals surface area contributed by atoms with Gasteiger partial charge in [-0.05, 0) is 47.5 Å². The van der Waals surface area contributed by atoms with Crippen molar-refractivity contribution in [3.8, 4) is 22.3 Å². The molecule has 0 saturated carbocycles. The first kappa shape index (κ1) is 23.7. The number of rotatable bonds is 4. The highest BCUT2D eigenvalue weighted by Gasteiger charge is 2.27. The van der Waals surface area contributed by atoms with Gasteiger partial charge in [-0.15, -0.1) is 0 Å². The average molecular weight is 512 g/mol. The van der Waals surface area contributed by atoms with Crippen molar-refractivity contribution in [1.29, 1.82) is 0 Å². The monoisotopic (exact) mass is 511 g/mol. The average Bonchev–Trinajstić information content (AvgIpc) is 3.39. The quantitative estimate of drug-likeness (QED) is 0.357. The number of aryl methyl sites for hydroxylation is 1. The van der Waals surface area contributed by atoms with Crippen LogP contribution in [-0.4, -0.2) is 61.7 Å². The number of amides is 1. The SMILES string of the molecule is Cn1cc(-c2cc(-c3ccc(N4CCN(C(=O)c5c(F)cccc5F)CC4)nc3)c3cncnc3c2)cn1. The number of anilines is 1. The molecule has 0 bridgehead atoms. The van der Waals surface area contributed by atoms with Crippen LogP contribution in [0.25, 0.3) is 33.2 Å². The van der Waals surface area contributed by atoms with E-state index in [1.165, 1.54) is 17.3 Å². The van der Waals surface area contributed by atoms with E-state index in [9.17, 15) is 13.6 Å². The minimum atomic E-state index is -0.847. The number of nitrogens with zero attached hydrogens (tertiary/aromatic N) is 7. The second-order valence-corrected chi connectivity index (χ2v) is 9.16. The van der Waals surface area contributed by atoms with Gasteiger partial charge in [0.2, 0.25) is 0 Å². The Labute approximate surface area is 217 Å². The maximum absolute atomic E-state index is 14.1. The predicted molar refractivity (Wildman–Crippen MR) is 139 cm³/mol. The molecule has 0 aliphatic carbocycles. The third kappa shape index (κ3) is 4.34. The van der Waals surface area contributed by atoms with Crippen molar-refractivity contribution in [3.05, 3.63) is 90.8 Å². The molecule has 1 saturated heterocycles. The number of carbonyl (C=O) groups is 1. The Hall–Kier alpha value is -4.73. The molecule has 0 spiro atoms. The molecule has 6 rings (SSSR count). The van der Waals surface area contributed by atoms with Crippen LogP contribution in [0.3, 0.4) is 0 Å². The van der Waals surface area contributed by atoms with Gasteiger partial charge in [-0.25, -0.2) is 23.7 Å². The molecule has 8 nitrogen and oxygen atoms in total. The van der Waals surface area contributed by atoms with Crippen molar-refractivity contribution in [2.45, 2.75) is 0 Å². The van der Waals surface area contributed by atoms with Gasteiger partial charge in [0, 0.05) is 68.3 Å². The summed E-state index contributed by atoms with van der Waals surface area (Å²) in [5.74, 6) is -1.56. The molecule has 5 aromatic rings. The van der Waals surface area contributed by atoms with Crippen molar-refractivity contribution in [1.82, 2.24) is 29.6 Å². The summed E-state index contributed by atoms with van der Waals surface area (Å²) in [4.78, 5) is 29.6. The minimum Gasteiger partial charge on any atom is -0.353 e. The topological polar surface area (TPSA) is 80.0 Å². The molecule has 1 aliphatic rings. The Bertz CT molecular complexity index is 1620. The Morgan fingerprint density at radius 2 is 1.66 bits per heavy atom. The molecule has 0 unspecified atom stereocenters. The third-order valence-corrected chi connectivity index (χ3v) is 6.79. The summed E-state index contributed by atoms with van der Waals surface area (Å²) in [6.45, 7) is 1.68. The van der Waals surface area contributed by atoms with Crippen LogP contribution in [0.4, 0.5) is 14.6 Å². The molecule has 0 atom stereocenters. The lowest BCUT2D eigenvalue weighted by molar-refractivity contribution is 0.0736. The van der Waals surface area contributed by atoms with Gasteiger partial charge in [-0.2, -0.15) is 5.10 Å².